The van der Waals surface area contributed by atoms with Crippen LogP contribution >= 0.6 is 39.1 Å². The summed E-state index contributed by atoms with van der Waals surface area (Å²) in [7, 11) is 1.45. The van der Waals surface area contributed by atoms with Gasteiger partial charge in [0.1, 0.15) is 18.2 Å². The quantitative estimate of drug-likeness (QED) is 0.136. The Balaban J connectivity index is 1.81. The number of nitriles is 1. The normalized spacial score (nSPS) is 10.9. The van der Waals surface area contributed by atoms with Crippen LogP contribution in [0.15, 0.2) is 64.6 Å². The number of non-ortho nitro benzene ring substituents is 1. The third kappa shape index (κ3) is 6.73. The molecule has 0 heterocycles. The van der Waals surface area contributed by atoms with E-state index in [0.717, 1.165) is 5.56 Å². The van der Waals surface area contributed by atoms with Gasteiger partial charge in [-0.2, -0.15) is 5.26 Å². The zero-order chi connectivity index (χ0) is 25.5. The van der Waals surface area contributed by atoms with Gasteiger partial charge >= 0.3 is 0 Å². The lowest BCUT2D eigenvalue weighted by Crippen LogP contribution is -2.13. The van der Waals surface area contributed by atoms with Crippen LogP contribution in [0.2, 0.25) is 10.0 Å². The van der Waals surface area contributed by atoms with Gasteiger partial charge in [-0.05, 0) is 75.6 Å². The number of carbonyl (C=O) groups excluding carboxylic acids is 1. The number of nitro benzene ring substituents is 1. The average Bonchev–Trinajstić information content (AvgIpc) is 2.83. The van der Waals surface area contributed by atoms with Crippen LogP contribution in [0.5, 0.6) is 11.5 Å². The van der Waals surface area contributed by atoms with Crippen LogP contribution < -0.4 is 14.8 Å². The maximum absolute atomic E-state index is 12.6. The highest BCUT2D eigenvalue weighted by Crippen LogP contribution is 2.38. The van der Waals surface area contributed by atoms with Crippen LogP contribution in [0.3, 0.4) is 0 Å². The maximum atomic E-state index is 12.6. The molecular weight excluding hydrogens is 561 g/mol. The number of carbonyl (C=O) groups is 1. The zero-order valence-corrected chi connectivity index (χ0v) is 21.1. The van der Waals surface area contributed by atoms with Gasteiger partial charge < -0.3 is 14.8 Å². The van der Waals surface area contributed by atoms with Crippen molar-refractivity contribution in [1.29, 1.82) is 5.26 Å². The van der Waals surface area contributed by atoms with E-state index in [1.165, 1.54) is 37.5 Å². The van der Waals surface area contributed by atoms with E-state index in [1.807, 2.05) is 6.07 Å². The van der Waals surface area contributed by atoms with Crippen molar-refractivity contribution >= 4 is 62.5 Å². The van der Waals surface area contributed by atoms with E-state index in [4.69, 9.17) is 32.7 Å². The summed E-state index contributed by atoms with van der Waals surface area (Å²) in [5.41, 5.74) is 1.31. The first-order chi connectivity index (χ1) is 16.7. The molecule has 0 fully saturated rings. The molecule has 0 atom stereocenters. The molecule has 35 heavy (non-hydrogen) atoms. The van der Waals surface area contributed by atoms with E-state index in [-0.39, 0.29) is 28.6 Å². The number of hydrogen-bond donors (Lipinski definition) is 1. The molecule has 0 bridgehead atoms. The molecule has 0 saturated heterocycles. The minimum absolute atomic E-state index is 0.0152. The summed E-state index contributed by atoms with van der Waals surface area (Å²) < 4.78 is 11.8. The van der Waals surface area contributed by atoms with Crippen molar-refractivity contribution in [3.05, 3.63) is 95.9 Å². The lowest BCUT2D eigenvalue weighted by atomic mass is 10.1. The highest BCUT2D eigenvalue weighted by Gasteiger charge is 2.15. The number of anilines is 1. The minimum atomic E-state index is -0.662. The van der Waals surface area contributed by atoms with E-state index in [1.54, 1.807) is 30.3 Å². The number of methoxy groups -OCH3 is 1. The first kappa shape index (κ1) is 26.0. The molecule has 0 aliphatic rings. The number of benzene rings is 3. The highest BCUT2D eigenvalue weighted by atomic mass is 79.9. The minimum Gasteiger partial charge on any atom is -0.493 e. The van der Waals surface area contributed by atoms with E-state index < -0.39 is 10.8 Å². The zero-order valence-electron chi connectivity index (χ0n) is 18.1. The Hall–Kier alpha value is -3.58. The summed E-state index contributed by atoms with van der Waals surface area (Å²) in [5.74, 6) is 0.0741. The number of halogens is 3. The average molecular weight is 577 g/mol. The van der Waals surface area contributed by atoms with Crippen LogP contribution in [-0.2, 0) is 11.4 Å². The van der Waals surface area contributed by atoms with E-state index in [9.17, 15) is 20.2 Å². The molecule has 0 unspecified atom stereocenters. The molecule has 3 aromatic rings. The first-order valence-electron chi connectivity index (χ1n) is 9.83. The van der Waals surface area contributed by atoms with E-state index in [2.05, 4.69) is 21.2 Å². The Bertz CT molecular complexity index is 1350. The van der Waals surface area contributed by atoms with Crippen molar-refractivity contribution in [3.63, 3.8) is 0 Å². The lowest BCUT2D eigenvalue weighted by molar-refractivity contribution is -0.384. The molecular formula is C24H16BrCl2N3O5. The monoisotopic (exact) mass is 575 g/mol. The topological polar surface area (TPSA) is 114 Å². The number of ether oxygens (including phenoxy) is 2. The largest absolute Gasteiger partial charge is 0.493 e. The van der Waals surface area contributed by atoms with Gasteiger partial charge in [0.25, 0.3) is 11.6 Å². The van der Waals surface area contributed by atoms with Crippen molar-refractivity contribution in [2.45, 2.75) is 6.61 Å². The van der Waals surface area contributed by atoms with Crippen LogP contribution in [0, 0.1) is 21.4 Å². The first-order valence-corrected chi connectivity index (χ1v) is 11.4. The predicted octanol–water partition coefficient (Wildman–Crippen LogP) is 6.80. The summed E-state index contributed by atoms with van der Waals surface area (Å²) in [4.78, 5) is 23.0. The number of nitro groups is 1. The second-order valence-electron chi connectivity index (χ2n) is 6.99. The van der Waals surface area contributed by atoms with Crippen molar-refractivity contribution in [2.75, 3.05) is 12.4 Å². The summed E-state index contributed by atoms with van der Waals surface area (Å²) >= 11 is 15.4. The van der Waals surface area contributed by atoms with Crippen LogP contribution in [-0.4, -0.2) is 17.9 Å². The Morgan fingerprint density at radius 2 is 1.91 bits per heavy atom. The maximum Gasteiger partial charge on any atom is 0.269 e. The number of hydrogen-bond acceptors (Lipinski definition) is 6. The molecule has 1 N–H and O–H groups in total. The fourth-order valence-corrected chi connectivity index (χ4v) is 3.84. The van der Waals surface area contributed by atoms with Gasteiger partial charge in [0.05, 0.1) is 27.2 Å². The van der Waals surface area contributed by atoms with Gasteiger partial charge in [-0.15, -0.1) is 0 Å². The summed E-state index contributed by atoms with van der Waals surface area (Å²) in [6.45, 7) is 0.133. The van der Waals surface area contributed by atoms with E-state index in [0.29, 0.717) is 26.6 Å². The molecule has 0 aliphatic carbocycles. The molecule has 1 amide bonds. The number of rotatable bonds is 8. The molecule has 8 nitrogen and oxygen atoms in total. The molecule has 178 valence electrons. The lowest BCUT2D eigenvalue weighted by Gasteiger charge is -2.14. The third-order valence-electron chi connectivity index (χ3n) is 4.63. The Morgan fingerprint density at radius 3 is 2.54 bits per heavy atom. The molecule has 3 aromatic carbocycles. The van der Waals surface area contributed by atoms with Gasteiger partial charge in [0, 0.05) is 17.2 Å². The van der Waals surface area contributed by atoms with E-state index >= 15 is 0 Å². The van der Waals surface area contributed by atoms with Crippen LogP contribution in [0.1, 0.15) is 11.1 Å². The smallest absolute Gasteiger partial charge is 0.269 e. The SMILES string of the molecule is COc1cc(/C=C(\C#N)C(=O)Nc2cc(Cl)ccc2Cl)cc(Br)c1OCc1ccc([N+](=O)[O-])cc1. The summed E-state index contributed by atoms with van der Waals surface area (Å²) in [6, 6.07) is 15.7. The Labute approximate surface area is 219 Å². The number of amides is 1. The molecule has 11 heteroatoms. The fraction of sp³-hybridized carbons (Fsp3) is 0.0833. The van der Waals surface area contributed by atoms with Crippen molar-refractivity contribution in [1.82, 2.24) is 0 Å². The summed E-state index contributed by atoms with van der Waals surface area (Å²) in [6.07, 6.45) is 1.39. The summed E-state index contributed by atoms with van der Waals surface area (Å²) in [5, 5.41) is 23.6. The Morgan fingerprint density at radius 1 is 1.20 bits per heavy atom. The van der Waals surface area contributed by atoms with Crippen LogP contribution in [0.4, 0.5) is 11.4 Å². The molecule has 0 saturated carbocycles. The molecule has 0 aromatic heterocycles. The predicted molar refractivity (Wildman–Crippen MR) is 137 cm³/mol. The van der Waals surface area contributed by atoms with Crippen LogP contribution in [0.25, 0.3) is 6.08 Å². The van der Waals surface area contributed by atoms with Crippen molar-refractivity contribution < 1.29 is 19.2 Å². The Kier molecular flexibility index (Phi) is 8.71. The van der Waals surface area contributed by atoms with Gasteiger partial charge in [0.2, 0.25) is 0 Å². The fourth-order valence-electron chi connectivity index (χ4n) is 2.93. The van der Waals surface area contributed by atoms with Crippen molar-refractivity contribution in [3.8, 4) is 17.6 Å². The molecule has 0 aliphatic heterocycles. The van der Waals surface area contributed by atoms with Gasteiger partial charge in [-0.25, -0.2) is 0 Å². The van der Waals surface area contributed by atoms with Crippen molar-refractivity contribution in [2.24, 2.45) is 0 Å². The standard InChI is InChI=1S/C24H16BrCl2N3O5/c1-34-22-10-15(8-16(12-28)24(31)29-21-11-17(26)4-7-20(21)27)9-19(25)23(22)35-13-14-2-5-18(6-3-14)30(32)33/h2-11H,13H2,1H3,(H,29,31)/b16-8+. The van der Waals surface area contributed by atoms with Gasteiger partial charge in [-0.3, -0.25) is 14.9 Å². The van der Waals surface area contributed by atoms with Gasteiger partial charge in [0.15, 0.2) is 11.5 Å². The molecule has 3 rings (SSSR count). The molecule has 0 spiro atoms. The second kappa shape index (κ2) is 11.7. The third-order valence-corrected chi connectivity index (χ3v) is 5.79. The highest BCUT2D eigenvalue weighted by molar-refractivity contribution is 9.10. The second-order valence-corrected chi connectivity index (χ2v) is 8.69. The number of nitrogens with one attached hydrogen (secondary N) is 1. The van der Waals surface area contributed by atoms with Gasteiger partial charge in [-0.1, -0.05) is 23.2 Å². The molecule has 0 radical (unpaired) electrons. The number of nitrogens with zero attached hydrogens (tertiary/aromatic N) is 2.